The Balaban J connectivity index is 1.92. The minimum Gasteiger partial charge on any atom is -0.342 e. The van der Waals surface area contributed by atoms with Crippen LogP contribution in [-0.4, -0.2) is 52.8 Å². The summed E-state index contributed by atoms with van der Waals surface area (Å²) >= 11 is 0. The van der Waals surface area contributed by atoms with Gasteiger partial charge >= 0.3 is 0 Å². The van der Waals surface area contributed by atoms with Gasteiger partial charge in [0, 0.05) is 45.5 Å². The van der Waals surface area contributed by atoms with Crippen LogP contribution >= 0.6 is 0 Å². The van der Waals surface area contributed by atoms with Crippen molar-refractivity contribution in [3.8, 4) is 0 Å². The fourth-order valence-corrected chi connectivity index (χ4v) is 2.96. The molecule has 1 saturated heterocycles. The van der Waals surface area contributed by atoms with Gasteiger partial charge in [0.1, 0.15) is 0 Å². The Morgan fingerprint density at radius 2 is 2.09 bits per heavy atom. The number of aromatic nitrogens is 1. The number of hydrogen-bond donors (Lipinski definition) is 0. The van der Waals surface area contributed by atoms with Gasteiger partial charge in [-0.15, -0.1) is 0 Å². The number of piperidine rings is 1. The molecule has 120 valence electrons. The third-order valence-electron chi connectivity index (χ3n) is 4.33. The molecule has 5 nitrogen and oxygen atoms in total. The van der Waals surface area contributed by atoms with Crippen molar-refractivity contribution >= 4 is 11.8 Å². The SMILES string of the molecule is CCN(CCc1ccncc1)C(=O)C1CCCN(C(C)=O)C1. The molecule has 2 amide bonds. The highest BCUT2D eigenvalue weighted by Crippen LogP contribution is 2.19. The topological polar surface area (TPSA) is 53.5 Å². The number of rotatable bonds is 5. The first-order chi connectivity index (χ1) is 10.6. The van der Waals surface area contributed by atoms with Crippen molar-refractivity contribution in [3.63, 3.8) is 0 Å². The maximum Gasteiger partial charge on any atom is 0.227 e. The largest absolute Gasteiger partial charge is 0.342 e. The second-order valence-corrected chi connectivity index (χ2v) is 5.83. The Bertz CT molecular complexity index is 504. The normalized spacial score (nSPS) is 18.1. The molecule has 0 aromatic carbocycles. The van der Waals surface area contributed by atoms with Crippen LogP contribution in [0.4, 0.5) is 0 Å². The van der Waals surface area contributed by atoms with Crippen molar-refractivity contribution in [3.05, 3.63) is 30.1 Å². The van der Waals surface area contributed by atoms with Crippen molar-refractivity contribution in [2.24, 2.45) is 5.92 Å². The van der Waals surface area contributed by atoms with Crippen LogP contribution in [0.15, 0.2) is 24.5 Å². The summed E-state index contributed by atoms with van der Waals surface area (Å²) in [6.45, 7) is 6.36. The molecule has 0 spiro atoms. The molecule has 2 heterocycles. The Hall–Kier alpha value is -1.91. The van der Waals surface area contributed by atoms with Crippen LogP contribution in [0.1, 0.15) is 32.3 Å². The molecule has 0 bridgehead atoms. The lowest BCUT2D eigenvalue weighted by Gasteiger charge is -2.34. The number of carbonyl (C=O) groups is 2. The highest BCUT2D eigenvalue weighted by Gasteiger charge is 2.29. The fraction of sp³-hybridized carbons (Fsp3) is 0.588. The number of hydrogen-bond acceptors (Lipinski definition) is 3. The maximum atomic E-state index is 12.7. The van der Waals surface area contributed by atoms with Crippen molar-refractivity contribution in [2.45, 2.75) is 33.1 Å². The Labute approximate surface area is 132 Å². The molecule has 5 heteroatoms. The molecular weight excluding hydrogens is 278 g/mol. The Kier molecular flexibility index (Phi) is 5.92. The lowest BCUT2D eigenvalue weighted by atomic mass is 9.96. The van der Waals surface area contributed by atoms with E-state index in [0.29, 0.717) is 13.1 Å². The van der Waals surface area contributed by atoms with E-state index in [-0.39, 0.29) is 17.7 Å². The number of amides is 2. The second-order valence-electron chi connectivity index (χ2n) is 5.83. The number of nitrogens with zero attached hydrogens (tertiary/aromatic N) is 3. The second kappa shape index (κ2) is 7.92. The first kappa shape index (κ1) is 16.5. The highest BCUT2D eigenvalue weighted by molar-refractivity contribution is 5.80. The predicted molar refractivity (Wildman–Crippen MR) is 85.2 cm³/mol. The predicted octanol–water partition coefficient (Wildman–Crippen LogP) is 1.73. The van der Waals surface area contributed by atoms with Gasteiger partial charge in [0.2, 0.25) is 11.8 Å². The first-order valence-electron chi connectivity index (χ1n) is 8.05. The molecule has 0 aliphatic carbocycles. The minimum atomic E-state index is -0.0463. The summed E-state index contributed by atoms with van der Waals surface area (Å²) in [4.78, 5) is 31.9. The molecule has 2 rings (SSSR count). The van der Waals surface area contributed by atoms with E-state index in [1.54, 1.807) is 24.2 Å². The van der Waals surface area contributed by atoms with Crippen LogP contribution in [0.5, 0.6) is 0 Å². The molecule has 0 radical (unpaired) electrons. The monoisotopic (exact) mass is 303 g/mol. The zero-order valence-electron chi connectivity index (χ0n) is 13.5. The lowest BCUT2D eigenvalue weighted by molar-refractivity contribution is -0.140. The molecule has 1 atom stereocenters. The van der Waals surface area contributed by atoms with Crippen LogP contribution in [-0.2, 0) is 16.0 Å². The lowest BCUT2D eigenvalue weighted by Crippen LogP contribution is -2.46. The van der Waals surface area contributed by atoms with Gasteiger partial charge in [-0.05, 0) is 43.9 Å². The van der Waals surface area contributed by atoms with Crippen LogP contribution < -0.4 is 0 Å². The minimum absolute atomic E-state index is 0.0463. The van der Waals surface area contributed by atoms with Gasteiger partial charge in [-0.2, -0.15) is 0 Å². The van der Waals surface area contributed by atoms with E-state index in [1.165, 1.54) is 5.56 Å². The molecule has 1 aliphatic heterocycles. The Morgan fingerprint density at radius 3 is 2.73 bits per heavy atom. The average Bonchev–Trinajstić information content (AvgIpc) is 2.56. The standard InChI is InChI=1S/C17H25N3O2/c1-3-19(12-8-15-6-9-18-10-7-15)17(22)16-5-4-11-20(13-16)14(2)21/h6-7,9-10,16H,3-5,8,11-13H2,1-2H3. The van der Waals surface area contributed by atoms with E-state index in [9.17, 15) is 9.59 Å². The van der Waals surface area contributed by atoms with Gasteiger partial charge in [-0.3, -0.25) is 14.6 Å². The first-order valence-corrected chi connectivity index (χ1v) is 8.05. The zero-order chi connectivity index (χ0) is 15.9. The average molecular weight is 303 g/mol. The van der Waals surface area contributed by atoms with E-state index in [4.69, 9.17) is 0 Å². The molecular formula is C17H25N3O2. The number of carbonyl (C=O) groups excluding carboxylic acids is 2. The molecule has 22 heavy (non-hydrogen) atoms. The number of likely N-dealkylation sites (N-methyl/N-ethyl adjacent to an activating group) is 1. The Morgan fingerprint density at radius 1 is 1.36 bits per heavy atom. The molecule has 1 aromatic heterocycles. The summed E-state index contributed by atoms with van der Waals surface area (Å²) < 4.78 is 0. The molecule has 1 fully saturated rings. The van der Waals surface area contributed by atoms with Crippen LogP contribution in [0.3, 0.4) is 0 Å². The van der Waals surface area contributed by atoms with Gasteiger partial charge in [-0.1, -0.05) is 0 Å². The van der Waals surface area contributed by atoms with E-state index in [0.717, 1.165) is 32.4 Å². The highest BCUT2D eigenvalue weighted by atomic mass is 16.2. The molecule has 0 N–H and O–H groups in total. The van der Waals surface area contributed by atoms with Gasteiger partial charge < -0.3 is 9.80 Å². The van der Waals surface area contributed by atoms with Gasteiger partial charge in [0.25, 0.3) is 0 Å². The van der Waals surface area contributed by atoms with E-state index < -0.39 is 0 Å². The summed E-state index contributed by atoms with van der Waals surface area (Å²) in [5, 5.41) is 0. The van der Waals surface area contributed by atoms with Gasteiger partial charge in [-0.25, -0.2) is 0 Å². The maximum absolute atomic E-state index is 12.7. The zero-order valence-corrected chi connectivity index (χ0v) is 13.5. The van der Waals surface area contributed by atoms with Crippen molar-refractivity contribution in [1.29, 1.82) is 0 Å². The van der Waals surface area contributed by atoms with Crippen LogP contribution in [0.2, 0.25) is 0 Å². The smallest absolute Gasteiger partial charge is 0.227 e. The molecule has 1 unspecified atom stereocenters. The van der Waals surface area contributed by atoms with Crippen molar-refractivity contribution < 1.29 is 9.59 Å². The van der Waals surface area contributed by atoms with E-state index >= 15 is 0 Å². The summed E-state index contributed by atoms with van der Waals surface area (Å²) in [6, 6.07) is 3.97. The van der Waals surface area contributed by atoms with Gasteiger partial charge in [0.05, 0.1) is 5.92 Å². The van der Waals surface area contributed by atoms with Crippen molar-refractivity contribution in [2.75, 3.05) is 26.2 Å². The van der Waals surface area contributed by atoms with Gasteiger partial charge in [0.15, 0.2) is 0 Å². The summed E-state index contributed by atoms with van der Waals surface area (Å²) in [6.07, 6.45) is 6.19. The fourth-order valence-electron chi connectivity index (χ4n) is 2.96. The van der Waals surface area contributed by atoms with E-state index in [2.05, 4.69) is 4.98 Å². The van der Waals surface area contributed by atoms with E-state index in [1.807, 2.05) is 24.0 Å². The third-order valence-corrected chi connectivity index (χ3v) is 4.33. The molecule has 1 aromatic rings. The van der Waals surface area contributed by atoms with Crippen LogP contribution in [0.25, 0.3) is 0 Å². The number of pyridine rings is 1. The van der Waals surface area contributed by atoms with Crippen molar-refractivity contribution in [1.82, 2.24) is 14.8 Å². The molecule has 0 saturated carbocycles. The summed E-state index contributed by atoms with van der Waals surface area (Å²) in [7, 11) is 0. The third kappa shape index (κ3) is 4.29. The van der Waals surface area contributed by atoms with Crippen LogP contribution in [0, 0.1) is 5.92 Å². The number of likely N-dealkylation sites (tertiary alicyclic amines) is 1. The summed E-state index contributed by atoms with van der Waals surface area (Å²) in [5.41, 5.74) is 1.19. The molecule has 1 aliphatic rings. The quantitative estimate of drug-likeness (QED) is 0.832. The summed E-state index contributed by atoms with van der Waals surface area (Å²) in [5.74, 6) is 0.204.